The Morgan fingerprint density at radius 3 is 1.97 bits per heavy atom. The van der Waals surface area contributed by atoms with Crippen molar-refractivity contribution in [2.24, 2.45) is 11.8 Å². The van der Waals surface area contributed by atoms with E-state index in [2.05, 4.69) is 12.1 Å². The number of carbonyl (C=O) groups is 2. The molecule has 4 aliphatic rings. The molecule has 7 rings (SSSR count). The molecule has 0 radical (unpaired) electrons. The molecule has 0 aromatic heterocycles. The van der Waals surface area contributed by atoms with Crippen molar-refractivity contribution < 1.29 is 14.7 Å². The number of imide groups is 1. The first-order valence-corrected chi connectivity index (χ1v) is 10.8. The topological polar surface area (TPSA) is 57.6 Å². The summed E-state index contributed by atoms with van der Waals surface area (Å²) < 4.78 is 0. The molecule has 1 fully saturated rings. The number of likely N-dealkylation sites (tertiary alicyclic amines) is 1. The van der Waals surface area contributed by atoms with Crippen LogP contribution in [-0.4, -0.2) is 27.9 Å². The molecule has 0 saturated carbocycles. The van der Waals surface area contributed by atoms with Gasteiger partial charge in [-0.3, -0.25) is 14.5 Å². The number of carbonyl (C=O) groups excluding carboxylic acids is 2. The zero-order valence-electron chi connectivity index (χ0n) is 17.2. The zero-order chi connectivity index (χ0) is 21.3. The zero-order valence-corrected chi connectivity index (χ0v) is 17.2. The van der Waals surface area contributed by atoms with Gasteiger partial charge >= 0.3 is 0 Å². The Morgan fingerprint density at radius 2 is 1.39 bits per heavy atom. The normalized spacial score (nSPS) is 28.8. The minimum Gasteiger partial charge on any atom is -0.392 e. The standard InChI is InChI=1S/C27H23NO3/c1-16(29)27-20-13-7-5-11-18(20)22(19-12-6-8-14-21(19)27)23-24(27)26(31)28(25(23)30)15-17-9-3-2-4-10-17/h2-14,16,22-24,29H,15H2,1H3/t16-,22?,23-,24-,27?/m1/s1. The van der Waals surface area contributed by atoms with Crippen LogP contribution in [0.25, 0.3) is 0 Å². The fourth-order valence-corrected chi connectivity index (χ4v) is 6.52. The molecule has 3 atom stereocenters. The van der Waals surface area contributed by atoms with Gasteiger partial charge in [0.2, 0.25) is 11.8 Å². The third-order valence-electron chi connectivity index (χ3n) is 7.62. The van der Waals surface area contributed by atoms with Crippen LogP contribution >= 0.6 is 0 Å². The number of benzene rings is 3. The van der Waals surface area contributed by atoms with E-state index in [1.54, 1.807) is 6.92 Å². The van der Waals surface area contributed by atoms with Crippen molar-refractivity contribution in [1.82, 2.24) is 4.90 Å². The molecule has 2 amide bonds. The molecule has 1 saturated heterocycles. The molecule has 0 spiro atoms. The maximum atomic E-state index is 13.9. The Bertz CT molecular complexity index is 1170. The maximum absolute atomic E-state index is 13.9. The van der Waals surface area contributed by atoms with Gasteiger partial charge in [0.05, 0.1) is 29.9 Å². The molecule has 3 aromatic carbocycles. The van der Waals surface area contributed by atoms with E-state index in [-0.39, 0.29) is 24.3 Å². The molecular weight excluding hydrogens is 386 g/mol. The van der Waals surface area contributed by atoms with Crippen molar-refractivity contribution >= 4 is 11.8 Å². The van der Waals surface area contributed by atoms with Crippen LogP contribution in [0.15, 0.2) is 78.9 Å². The van der Waals surface area contributed by atoms with E-state index in [4.69, 9.17) is 0 Å². The van der Waals surface area contributed by atoms with Crippen molar-refractivity contribution in [1.29, 1.82) is 0 Å². The summed E-state index contributed by atoms with van der Waals surface area (Å²) in [5.41, 5.74) is 4.09. The Labute approximate surface area is 181 Å². The van der Waals surface area contributed by atoms with E-state index < -0.39 is 23.4 Å². The fraction of sp³-hybridized carbons (Fsp3) is 0.259. The van der Waals surface area contributed by atoms with Crippen LogP contribution in [0.1, 0.15) is 40.7 Å². The Kier molecular flexibility index (Phi) is 3.81. The third-order valence-corrected chi connectivity index (χ3v) is 7.62. The third kappa shape index (κ3) is 2.18. The summed E-state index contributed by atoms with van der Waals surface area (Å²) in [5, 5.41) is 11.3. The second kappa shape index (κ2) is 6.38. The monoisotopic (exact) mass is 409 g/mol. The number of hydrogen-bond donors (Lipinski definition) is 1. The highest BCUT2D eigenvalue weighted by Crippen LogP contribution is 2.65. The number of aliphatic hydroxyl groups excluding tert-OH is 1. The van der Waals surface area contributed by atoms with E-state index in [1.165, 1.54) is 4.90 Å². The first-order chi connectivity index (χ1) is 15.1. The predicted molar refractivity (Wildman–Crippen MR) is 116 cm³/mol. The Balaban J connectivity index is 1.60. The minimum atomic E-state index is -0.926. The molecule has 4 heteroatoms. The molecule has 4 nitrogen and oxygen atoms in total. The molecule has 3 aromatic rings. The highest BCUT2D eigenvalue weighted by Gasteiger charge is 2.69. The first kappa shape index (κ1) is 18.5. The molecule has 1 N–H and O–H groups in total. The van der Waals surface area contributed by atoms with E-state index in [0.29, 0.717) is 0 Å². The van der Waals surface area contributed by atoms with Gasteiger partial charge in [0.1, 0.15) is 0 Å². The van der Waals surface area contributed by atoms with E-state index in [9.17, 15) is 14.7 Å². The fourth-order valence-electron chi connectivity index (χ4n) is 6.52. The molecule has 2 bridgehead atoms. The van der Waals surface area contributed by atoms with Crippen LogP contribution in [0.5, 0.6) is 0 Å². The van der Waals surface area contributed by atoms with Crippen LogP contribution in [0.2, 0.25) is 0 Å². The largest absolute Gasteiger partial charge is 0.392 e. The number of nitrogens with zero attached hydrogens (tertiary/aromatic N) is 1. The van der Waals surface area contributed by atoms with Crippen molar-refractivity contribution in [3.05, 3.63) is 107 Å². The van der Waals surface area contributed by atoms with Crippen LogP contribution < -0.4 is 0 Å². The van der Waals surface area contributed by atoms with Crippen molar-refractivity contribution in [3.8, 4) is 0 Å². The van der Waals surface area contributed by atoms with E-state index in [1.807, 2.05) is 66.7 Å². The molecule has 3 aliphatic carbocycles. The second-order valence-corrected chi connectivity index (χ2v) is 8.95. The molecule has 1 aliphatic heterocycles. The van der Waals surface area contributed by atoms with Gasteiger partial charge in [-0.15, -0.1) is 0 Å². The molecule has 0 unspecified atom stereocenters. The SMILES string of the molecule is C[C@@H](O)C12c3ccccc3C(c3ccccc31)[C@H]1C(=O)N(Cc3ccccc3)C(=O)[C@@H]12. The van der Waals surface area contributed by atoms with E-state index in [0.717, 1.165) is 27.8 Å². The van der Waals surface area contributed by atoms with Crippen LogP contribution in [0, 0.1) is 11.8 Å². The van der Waals surface area contributed by atoms with Crippen LogP contribution in [0.4, 0.5) is 0 Å². The summed E-state index contributed by atoms with van der Waals surface area (Å²) in [4.78, 5) is 29.0. The highest BCUT2D eigenvalue weighted by molar-refractivity contribution is 6.08. The first-order valence-electron chi connectivity index (χ1n) is 10.8. The Morgan fingerprint density at radius 1 is 0.839 bits per heavy atom. The quantitative estimate of drug-likeness (QED) is 0.673. The number of aliphatic hydroxyl groups is 1. The lowest BCUT2D eigenvalue weighted by Crippen LogP contribution is -2.58. The molecular formula is C27H23NO3. The summed E-state index contributed by atoms with van der Waals surface area (Å²) in [6, 6.07) is 25.7. The van der Waals surface area contributed by atoms with Gasteiger partial charge in [-0.1, -0.05) is 78.9 Å². The van der Waals surface area contributed by atoms with Gasteiger partial charge in [0, 0.05) is 5.92 Å². The summed E-state index contributed by atoms with van der Waals surface area (Å²) in [5.74, 6) is -1.56. The van der Waals surface area contributed by atoms with Crippen LogP contribution in [0.3, 0.4) is 0 Å². The van der Waals surface area contributed by atoms with E-state index >= 15 is 0 Å². The van der Waals surface area contributed by atoms with Gasteiger partial charge < -0.3 is 5.11 Å². The highest BCUT2D eigenvalue weighted by atomic mass is 16.3. The van der Waals surface area contributed by atoms with Gasteiger partial charge in [-0.05, 0) is 34.7 Å². The van der Waals surface area contributed by atoms with Gasteiger partial charge in [0.15, 0.2) is 0 Å². The Hall–Kier alpha value is -3.24. The second-order valence-electron chi connectivity index (χ2n) is 8.95. The average molecular weight is 409 g/mol. The molecule has 31 heavy (non-hydrogen) atoms. The number of amides is 2. The lowest BCUT2D eigenvalue weighted by Gasteiger charge is -2.55. The summed E-state index contributed by atoms with van der Waals surface area (Å²) in [7, 11) is 0. The maximum Gasteiger partial charge on any atom is 0.234 e. The summed E-state index contributed by atoms with van der Waals surface area (Å²) >= 11 is 0. The lowest BCUT2D eigenvalue weighted by atomic mass is 9.46. The van der Waals surface area contributed by atoms with Gasteiger partial charge in [-0.25, -0.2) is 0 Å². The number of hydrogen-bond acceptors (Lipinski definition) is 3. The minimum absolute atomic E-state index is 0.127. The van der Waals surface area contributed by atoms with Crippen molar-refractivity contribution in [2.45, 2.75) is 30.9 Å². The van der Waals surface area contributed by atoms with Crippen molar-refractivity contribution in [2.75, 3.05) is 0 Å². The summed E-state index contributed by atoms with van der Waals surface area (Å²) in [6.07, 6.45) is -0.822. The molecule has 154 valence electrons. The van der Waals surface area contributed by atoms with Crippen molar-refractivity contribution in [3.63, 3.8) is 0 Å². The predicted octanol–water partition coefficient (Wildman–Crippen LogP) is 3.61. The van der Waals surface area contributed by atoms with Gasteiger partial charge in [-0.2, -0.15) is 0 Å². The smallest absolute Gasteiger partial charge is 0.234 e. The lowest BCUT2D eigenvalue weighted by molar-refractivity contribution is -0.141. The van der Waals surface area contributed by atoms with Crippen LogP contribution in [-0.2, 0) is 21.5 Å². The summed E-state index contributed by atoms with van der Waals surface area (Å²) in [6.45, 7) is 2.02. The average Bonchev–Trinajstić information content (AvgIpc) is 3.05. The number of rotatable bonds is 3. The van der Waals surface area contributed by atoms with Gasteiger partial charge in [0.25, 0.3) is 0 Å². The molecule has 1 heterocycles.